The maximum atomic E-state index is 13.8. The highest BCUT2D eigenvalue weighted by atomic mass is 32.2. The van der Waals surface area contributed by atoms with Crippen molar-refractivity contribution in [3.05, 3.63) is 108 Å². The quantitative estimate of drug-likeness (QED) is 0.244. The van der Waals surface area contributed by atoms with Crippen LogP contribution in [0.1, 0.15) is 11.1 Å². The zero-order valence-electron chi connectivity index (χ0n) is 21.5. The molecule has 1 N–H and O–H groups in total. The molecule has 0 bridgehead atoms. The summed E-state index contributed by atoms with van der Waals surface area (Å²) >= 11 is 0. The first kappa shape index (κ1) is 28.5. The van der Waals surface area contributed by atoms with Gasteiger partial charge in [0, 0.05) is 5.69 Å². The molecule has 0 aromatic heterocycles. The summed E-state index contributed by atoms with van der Waals surface area (Å²) in [6, 6.07) is 23.6. The first-order valence-corrected chi connectivity index (χ1v) is 13.4. The lowest BCUT2D eigenvalue weighted by Gasteiger charge is -2.26. The molecule has 4 rings (SSSR count). The minimum absolute atomic E-state index is 0.0167. The van der Waals surface area contributed by atoms with Crippen molar-refractivity contribution in [1.82, 2.24) is 0 Å². The molecule has 4 aromatic rings. The Morgan fingerprint density at radius 3 is 2.20 bits per heavy atom. The van der Waals surface area contributed by atoms with Crippen molar-refractivity contribution in [2.24, 2.45) is 0 Å². The minimum Gasteiger partial charge on any atom is -0.495 e. The highest BCUT2D eigenvalue weighted by molar-refractivity contribution is 7.93. The van der Waals surface area contributed by atoms with E-state index in [-0.39, 0.29) is 16.3 Å². The van der Waals surface area contributed by atoms with Crippen LogP contribution in [0.15, 0.2) is 102 Å². The maximum Gasteiger partial charge on any atom is 0.416 e. The van der Waals surface area contributed by atoms with E-state index in [1.165, 1.54) is 25.3 Å². The second-order valence-corrected chi connectivity index (χ2v) is 10.5. The SMILES string of the molecule is COc1ccc(C)cc1S(=O)(=O)N(CC(=O)Nc1ccc(Oc2ccccc2)cc1)c1cccc(C(F)(F)F)c1. The minimum atomic E-state index is -4.72. The Labute approximate surface area is 229 Å². The van der Waals surface area contributed by atoms with E-state index < -0.39 is 34.2 Å². The molecule has 0 aliphatic heterocycles. The van der Waals surface area contributed by atoms with Crippen LogP contribution in [0.3, 0.4) is 0 Å². The van der Waals surface area contributed by atoms with Gasteiger partial charge < -0.3 is 14.8 Å². The summed E-state index contributed by atoms with van der Waals surface area (Å²) in [7, 11) is -3.28. The van der Waals surface area contributed by atoms with Crippen molar-refractivity contribution < 1.29 is 35.9 Å². The van der Waals surface area contributed by atoms with Crippen LogP contribution in [-0.2, 0) is 21.0 Å². The molecule has 0 saturated heterocycles. The predicted molar refractivity (Wildman–Crippen MR) is 145 cm³/mol. The number of aryl methyl sites for hydroxylation is 1. The van der Waals surface area contributed by atoms with Gasteiger partial charge in [-0.2, -0.15) is 13.2 Å². The Balaban J connectivity index is 1.63. The predicted octanol–water partition coefficient (Wildman–Crippen LogP) is 6.65. The van der Waals surface area contributed by atoms with E-state index in [1.807, 2.05) is 18.2 Å². The molecule has 0 fully saturated rings. The highest BCUT2D eigenvalue weighted by Crippen LogP contribution is 2.35. The number of halogens is 3. The van der Waals surface area contributed by atoms with E-state index in [4.69, 9.17) is 9.47 Å². The zero-order valence-corrected chi connectivity index (χ0v) is 22.3. The number of ether oxygens (including phenoxy) is 2. The van der Waals surface area contributed by atoms with Gasteiger partial charge in [0.05, 0.1) is 18.4 Å². The summed E-state index contributed by atoms with van der Waals surface area (Å²) in [5.41, 5.74) is -0.485. The number of carbonyl (C=O) groups is 1. The van der Waals surface area contributed by atoms with E-state index in [1.54, 1.807) is 49.4 Å². The highest BCUT2D eigenvalue weighted by Gasteiger charge is 2.34. The lowest BCUT2D eigenvalue weighted by molar-refractivity contribution is -0.137. The van der Waals surface area contributed by atoms with Crippen molar-refractivity contribution in [3.8, 4) is 17.2 Å². The number of nitrogens with one attached hydrogen (secondary N) is 1. The number of alkyl halides is 3. The number of para-hydroxylation sites is 1. The molecule has 7 nitrogen and oxygen atoms in total. The molecule has 0 spiro atoms. The Hall–Kier alpha value is -4.51. The first-order valence-electron chi connectivity index (χ1n) is 11.9. The number of amides is 1. The molecular weight excluding hydrogens is 545 g/mol. The third kappa shape index (κ3) is 6.73. The number of sulfonamides is 1. The van der Waals surface area contributed by atoms with Gasteiger partial charge >= 0.3 is 6.18 Å². The molecule has 11 heteroatoms. The molecule has 40 heavy (non-hydrogen) atoms. The fraction of sp³-hybridized carbons (Fsp3) is 0.138. The zero-order chi connectivity index (χ0) is 28.9. The molecule has 4 aromatic carbocycles. The number of methoxy groups -OCH3 is 1. The van der Waals surface area contributed by atoms with Gasteiger partial charge in [-0.15, -0.1) is 0 Å². The van der Waals surface area contributed by atoms with E-state index in [2.05, 4.69) is 5.32 Å². The van der Waals surface area contributed by atoms with Crippen molar-refractivity contribution in [2.45, 2.75) is 18.0 Å². The van der Waals surface area contributed by atoms with Crippen LogP contribution < -0.4 is 19.1 Å². The third-order valence-corrected chi connectivity index (χ3v) is 7.55. The molecule has 0 aliphatic carbocycles. The molecule has 0 atom stereocenters. The topological polar surface area (TPSA) is 84.9 Å². The molecule has 0 aliphatic rings. The Bertz CT molecular complexity index is 1590. The molecular formula is C29H25F3N2O5S. The lowest BCUT2D eigenvalue weighted by Crippen LogP contribution is -2.38. The summed E-state index contributed by atoms with van der Waals surface area (Å²) in [5, 5.41) is 2.59. The van der Waals surface area contributed by atoms with Crippen LogP contribution in [0.4, 0.5) is 24.5 Å². The average Bonchev–Trinajstić information content (AvgIpc) is 2.93. The second kappa shape index (κ2) is 11.7. The second-order valence-electron chi connectivity index (χ2n) is 8.70. The monoisotopic (exact) mass is 570 g/mol. The summed E-state index contributed by atoms with van der Waals surface area (Å²) in [6.45, 7) is 0.855. The summed E-state index contributed by atoms with van der Waals surface area (Å²) in [5.74, 6) is 0.332. The number of carbonyl (C=O) groups excluding carboxylic acids is 1. The third-order valence-electron chi connectivity index (χ3n) is 5.75. The van der Waals surface area contributed by atoms with Crippen LogP contribution >= 0.6 is 0 Å². The van der Waals surface area contributed by atoms with Gasteiger partial charge in [-0.05, 0) is 79.2 Å². The van der Waals surface area contributed by atoms with E-state index >= 15 is 0 Å². The number of rotatable bonds is 9. The Kier molecular flexibility index (Phi) is 8.34. The summed E-state index contributed by atoms with van der Waals surface area (Å²) in [4.78, 5) is 12.8. The molecule has 0 heterocycles. The normalized spacial score (nSPS) is 11.5. The van der Waals surface area contributed by atoms with Gasteiger partial charge in [-0.3, -0.25) is 9.10 Å². The van der Waals surface area contributed by atoms with Crippen LogP contribution in [0.2, 0.25) is 0 Å². The van der Waals surface area contributed by atoms with Gasteiger partial charge in [0.1, 0.15) is 28.7 Å². The molecule has 0 saturated carbocycles. The standard InChI is InChI=1S/C29H25F3N2O5S/c1-20-11-16-26(38-2)27(17-20)40(36,37)34(23-8-6-7-21(18-23)29(30,31)32)19-28(35)33-22-12-14-25(15-13-22)39-24-9-4-3-5-10-24/h3-18H,19H2,1-2H3,(H,33,35). The van der Waals surface area contributed by atoms with Crippen LogP contribution in [0.25, 0.3) is 0 Å². The lowest BCUT2D eigenvalue weighted by atomic mass is 10.2. The average molecular weight is 571 g/mol. The largest absolute Gasteiger partial charge is 0.495 e. The van der Waals surface area contributed by atoms with Crippen molar-refractivity contribution in [2.75, 3.05) is 23.3 Å². The molecule has 208 valence electrons. The number of hydrogen-bond acceptors (Lipinski definition) is 5. The summed E-state index contributed by atoms with van der Waals surface area (Å²) in [6.07, 6.45) is -4.72. The number of anilines is 2. The summed E-state index contributed by atoms with van der Waals surface area (Å²) < 4.78 is 79.5. The first-order chi connectivity index (χ1) is 19.0. The van der Waals surface area contributed by atoms with Gasteiger partial charge in [0.25, 0.3) is 10.0 Å². The van der Waals surface area contributed by atoms with E-state index in [0.717, 1.165) is 12.1 Å². The Morgan fingerprint density at radius 1 is 0.875 bits per heavy atom. The maximum absolute atomic E-state index is 13.8. The van der Waals surface area contributed by atoms with E-state index in [0.29, 0.717) is 33.1 Å². The van der Waals surface area contributed by atoms with Gasteiger partial charge in [0.2, 0.25) is 5.91 Å². The van der Waals surface area contributed by atoms with E-state index in [9.17, 15) is 26.4 Å². The van der Waals surface area contributed by atoms with Crippen LogP contribution in [0, 0.1) is 6.92 Å². The molecule has 1 amide bonds. The van der Waals surface area contributed by atoms with Crippen LogP contribution in [-0.4, -0.2) is 28.0 Å². The molecule has 0 radical (unpaired) electrons. The fourth-order valence-corrected chi connectivity index (χ4v) is 5.47. The van der Waals surface area contributed by atoms with Crippen molar-refractivity contribution in [3.63, 3.8) is 0 Å². The number of hydrogen-bond donors (Lipinski definition) is 1. The Morgan fingerprint density at radius 2 is 1.55 bits per heavy atom. The number of nitrogens with zero attached hydrogens (tertiary/aromatic N) is 1. The molecule has 0 unspecified atom stereocenters. The van der Waals surface area contributed by atoms with Gasteiger partial charge in [-0.25, -0.2) is 8.42 Å². The van der Waals surface area contributed by atoms with Crippen molar-refractivity contribution in [1.29, 1.82) is 0 Å². The van der Waals surface area contributed by atoms with Crippen molar-refractivity contribution >= 4 is 27.3 Å². The number of benzene rings is 4. The fourth-order valence-electron chi connectivity index (χ4n) is 3.82. The van der Waals surface area contributed by atoms with Gasteiger partial charge in [0.15, 0.2) is 0 Å². The van der Waals surface area contributed by atoms with Crippen LogP contribution in [0.5, 0.6) is 17.2 Å². The van der Waals surface area contributed by atoms with Gasteiger partial charge in [-0.1, -0.05) is 30.3 Å². The smallest absolute Gasteiger partial charge is 0.416 e.